The van der Waals surface area contributed by atoms with E-state index in [1.54, 1.807) is 48.4 Å². The summed E-state index contributed by atoms with van der Waals surface area (Å²) in [4.78, 5) is 154. The van der Waals surface area contributed by atoms with Crippen LogP contribution in [0.25, 0.3) is 33.1 Å². The number of carbonyl (C=O) groups is 6. The van der Waals surface area contributed by atoms with Crippen molar-refractivity contribution in [1.29, 1.82) is 0 Å². The number of methoxy groups -OCH3 is 3. The first-order valence-electron chi connectivity index (χ1n) is 52.1. The van der Waals surface area contributed by atoms with Crippen molar-refractivity contribution in [2.75, 3.05) is 41.0 Å². The molecule has 3 radical (unpaired) electrons. The Kier molecular flexibility index (Phi) is 36.1. The van der Waals surface area contributed by atoms with Crippen molar-refractivity contribution in [2.45, 2.75) is 364 Å². The molecule has 3 aromatic heterocycles. The molecule has 20 atom stereocenters. The maximum Gasteiger partial charge on any atom is 0.408 e. The number of aryl methyl sites for hydroxylation is 1. The predicted octanol–water partition coefficient (Wildman–Crippen LogP) is 19.2. The topological polar surface area (TPSA) is 360 Å². The van der Waals surface area contributed by atoms with Gasteiger partial charge in [-0.2, -0.15) is 17.6 Å². The Morgan fingerprint density at radius 2 is 0.792 bits per heavy atom. The summed E-state index contributed by atoms with van der Waals surface area (Å²) in [5.74, 6) is -6.49. The number of carbonyl (C=O) groups excluding carboxylic acids is 9. The normalized spacial score (nSPS) is 32.0. The molecule has 9 heterocycles. The molecule has 7 saturated carbocycles. The van der Waals surface area contributed by atoms with Crippen LogP contribution in [0.4, 0.5) is 31.9 Å². The smallest absolute Gasteiger partial charge is 0.408 e. The molecule has 3 N–H and O–H groups in total. The van der Waals surface area contributed by atoms with Crippen molar-refractivity contribution in [3.05, 3.63) is 71.7 Å². The predicted molar refractivity (Wildman–Crippen MR) is 520 cm³/mol. The maximum absolute atomic E-state index is 16.2. The van der Waals surface area contributed by atoms with Crippen molar-refractivity contribution in [2.24, 2.45) is 63.6 Å². The Morgan fingerprint density at radius 3 is 1.25 bits per heavy atom. The summed E-state index contributed by atoms with van der Waals surface area (Å²) in [5, 5.41) is 8.93. The van der Waals surface area contributed by atoms with Gasteiger partial charge in [-0.15, -0.1) is 0 Å². The first kappa shape index (κ1) is 111. The molecule has 144 heavy (non-hydrogen) atoms. The van der Waals surface area contributed by atoms with Gasteiger partial charge < -0.3 is 87.7 Å². The van der Waals surface area contributed by atoms with E-state index in [0.717, 1.165) is 165 Å². The monoisotopic (exact) mass is 2110 g/mol. The molecule has 19 rings (SSSR count). The largest absolute Gasteiger partial charge is 0.540 e. The number of rotatable bonds is 11. The molecule has 10 fully saturated rings. The number of alkyl halides is 4. The molecule has 3 aromatic carbocycles. The van der Waals surface area contributed by atoms with Crippen LogP contribution in [0.2, 0.25) is 0 Å². The molecule has 2 unspecified atom stereocenters. The zero-order valence-electron chi connectivity index (χ0n) is 84.5. The summed E-state index contributed by atoms with van der Waals surface area (Å²) < 4.78 is 118. The van der Waals surface area contributed by atoms with E-state index in [1.165, 1.54) is 24.0 Å². The maximum atomic E-state index is 16.2. The average Bonchev–Trinajstić information content (AvgIpc) is 1.60. The molecular weight excluding hydrogens is 1970 g/mol. The van der Waals surface area contributed by atoms with Crippen LogP contribution < -0.4 is 44.4 Å². The number of ether oxygens (including phenoxy) is 9. The van der Waals surface area contributed by atoms with E-state index in [-0.39, 0.29) is 151 Å². The van der Waals surface area contributed by atoms with Crippen LogP contribution in [0.5, 0.6) is 34.9 Å². The Labute approximate surface area is 881 Å². The number of nitrogens with one attached hydrogen (secondary N) is 3. The van der Waals surface area contributed by atoms with Gasteiger partial charge in [0.1, 0.15) is 77.2 Å². The van der Waals surface area contributed by atoms with Crippen LogP contribution in [0.1, 0.15) is 295 Å². The van der Waals surface area contributed by atoms with E-state index in [2.05, 4.69) is 61.7 Å². The van der Waals surface area contributed by atoms with Gasteiger partial charge in [-0.1, -0.05) is 156 Å². The Bertz CT molecular complexity index is 5480. The fourth-order valence-electron chi connectivity index (χ4n) is 25.4. The van der Waals surface area contributed by atoms with Crippen molar-refractivity contribution in [3.8, 4) is 34.9 Å². The summed E-state index contributed by atoms with van der Waals surface area (Å²) >= 11 is 0. The van der Waals surface area contributed by atoms with E-state index in [9.17, 15) is 43.2 Å². The van der Waals surface area contributed by atoms with Crippen molar-refractivity contribution in [1.82, 2.24) is 60.6 Å². The molecule has 13 aliphatic rings. The third kappa shape index (κ3) is 23.9. The van der Waals surface area contributed by atoms with Crippen molar-refractivity contribution < 1.29 is 163 Å². The zero-order valence-corrected chi connectivity index (χ0v) is 88.7. The Hall–Kier alpha value is -8.82. The first-order chi connectivity index (χ1) is 67.7. The molecule has 6 aromatic rings. The minimum absolute atomic E-state index is 0. The van der Waals surface area contributed by atoms with Gasteiger partial charge in [0.15, 0.2) is 11.4 Å². The number of hydrogen-bond acceptors (Lipinski definition) is 24. The summed E-state index contributed by atoms with van der Waals surface area (Å²) in [7, 11) is 4.62. The van der Waals surface area contributed by atoms with Gasteiger partial charge >= 0.3 is 18.3 Å². The van der Waals surface area contributed by atoms with Gasteiger partial charge in [0.2, 0.25) is 35.4 Å². The third-order valence-corrected chi connectivity index (χ3v) is 34.2. The van der Waals surface area contributed by atoms with Crippen LogP contribution in [-0.2, 0) is 117 Å². The fourth-order valence-corrected chi connectivity index (χ4v) is 25.4. The number of halogens is 4. The molecule has 7 aliphatic carbocycles. The molecule has 787 valence electrons. The molecule has 6 aliphatic heterocycles. The molecule has 6 bridgehead atoms. The Morgan fingerprint density at radius 1 is 0.403 bits per heavy atom. The number of fused-ring (bicyclic) bond motifs is 17. The van der Waals surface area contributed by atoms with E-state index >= 15 is 17.6 Å². The van der Waals surface area contributed by atoms with E-state index < -0.39 is 154 Å². The van der Waals surface area contributed by atoms with Crippen LogP contribution in [0, 0.1) is 63.6 Å². The van der Waals surface area contributed by atoms with E-state index in [4.69, 9.17) is 52.6 Å². The number of hydrogen-bond donors (Lipinski definition) is 3. The second-order valence-electron chi connectivity index (χ2n) is 43.5. The molecule has 0 spiro atoms. The van der Waals surface area contributed by atoms with Crippen molar-refractivity contribution >= 4 is 88.0 Å². The molecular formula is C107H145F4N12O18V3-3. The summed E-state index contributed by atoms with van der Waals surface area (Å²) in [6.07, 6.45) is 27.5. The van der Waals surface area contributed by atoms with Crippen LogP contribution in [0.15, 0.2) is 54.6 Å². The standard InChI is InChI=1S/C37H47F2N4O6.C37H49F2N4O6.C33H43N4O6.3V.3H2/c1-4-23-28(20-44)43-19-30(23)48-33-31(40-26-12-11-22(47-3)18-27(26)41-33)37(38,39)15-9-6-10-24-25-16-21(25)17-29(24)49-35(46)42-32(34(43)45)36(2)13-7-5-8-14-36;1-5-25-28(22-44)43-21-29(25)48-32-30(40-26-15-14-24(47-4)20-27(26)41-32)37(38,39)19-10-7-12-23-13-11-18-36(23,3)49-34(46)42-31(33(43)45)35(2)16-8-6-9-17-35;1-20-26(19-38)37-18-28(20)42-30-24(34-23-13-12-22(41-3)17-25(23)35-30)11-7-4-6-10-21-16-27(21)43-32(40)36-29(31(37)39)33(2)14-8-5-9-15-33;;;;;;/h11-12,18,21,23-25,28-30,32H,4-10,13-17,19H2,1-3H3,(H,42,46);14-15,20,23,25,28-29,31H,5-13,16-19,21H2,1-4H3,(H,42,46);12-13,17,20-21,26-29H,4-11,14-16,18H2,1-3H3,(H,36,40);;;;3*1H/q3*-1;;;;;;/t21?,23-,24+,25?,28+,29+,30-,32+;23-,25+,28-,29+,31-,36-;20-,21+,26+,27+,28-,29+;;;;;;/m010....../s1. The second kappa shape index (κ2) is 46.9. The first-order valence-corrected chi connectivity index (χ1v) is 52.1. The zero-order chi connectivity index (χ0) is 99.6. The molecule has 30 nitrogen and oxygen atoms in total. The molecule has 6 amide bonds. The van der Waals surface area contributed by atoms with Gasteiger partial charge in [-0.05, 0) is 229 Å². The summed E-state index contributed by atoms with van der Waals surface area (Å²) in [6.45, 7) is 13.7. The van der Waals surface area contributed by atoms with E-state index in [1.807, 2.05) is 59.7 Å². The molecule has 37 heteroatoms. The molecule has 3 saturated heterocycles. The van der Waals surface area contributed by atoms with Crippen LogP contribution in [-0.4, -0.2) is 213 Å². The minimum atomic E-state index is -3.37. The van der Waals surface area contributed by atoms with Gasteiger partial charge in [-0.25, -0.2) is 63.1 Å². The third-order valence-electron chi connectivity index (χ3n) is 34.2. The van der Waals surface area contributed by atoms with Gasteiger partial charge in [0.25, 0.3) is 11.8 Å². The number of amides is 6. The summed E-state index contributed by atoms with van der Waals surface area (Å²) in [5.41, 5.74) is -0.0709. The van der Waals surface area contributed by atoms with Crippen molar-refractivity contribution in [3.63, 3.8) is 0 Å². The van der Waals surface area contributed by atoms with Crippen LogP contribution in [0.3, 0.4) is 0 Å². The number of aromatic nitrogens is 6. The average molecular weight is 2120 g/mol. The number of alkyl carbamates (subject to hydrolysis) is 3. The minimum Gasteiger partial charge on any atom is -0.540 e. The fraction of sp³-hybridized carbons (Fsp3) is 0.692. The second-order valence-corrected chi connectivity index (χ2v) is 43.5. The number of benzene rings is 3. The Balaban J connectivity index is 0.000000206. The van der Waals surface area contributed by atoms with Gasteiger partial charge in [0, 0.05) is 91.0 Å². The number of nitrogens with zero attached hydrogens (tertiary/aromatic N) is 9. The summed E-state index contributed by atoms with van der Waals surface area (Å²) in [6, 6.07) is 9.79. The van der Waals surface area contributed by atoms with Crippen LogP contribution >= 0.6 is 0 Å². The van der Waals surface area contributed by atoms with E-state index in [0.29, 0.717) is 109 Å². The quantitative estimate of drug-likeness (QED) is 0.0616. The van der Waals surface area contributed by atoms with Gasteiger partial charge in [-0.3, -0.25) is 14.4 Å². The van der Waals surface area contributed by atoms with Gasteiger partial charge in [0.05, 0.1) is 74.1 Å². The SMILES string of the molecule is CC[C@@H]1[C@@H]2CN(C(=O)[C@H](C3(C)CCCCC3)NC(=O)O[C@@H]3CC4CC4[C@H]3CCCCC(F)(F)c3nc4ccc(OC)cc4nc3O2)[C@@H]1[C-]=O.CC[C@@H]1[C@@H]2CN(C(=O)[C@H](C3(C)CCCCC3)NC(=O)O[C@]3(C)CCC[C@H]3CCCCC(F)(F)c3nc4ccc(OC)cc4nc3O2)[C@@H]1[C-]=O.COc1ccc2nc3c(nc2c1)O[C@H]1CN(C(=O)[C@H](C2(C)CCCCC2)NC(=O)O[C@@H]2C[C@H]2CCCCC3)[C@H]([C-]=O)[C@@H]1C.[HH].[HH].[HH].[V].[V].[V].